The number of rotatable bonds is 10. The second-order valence-corrected chi connectivity index (χ2v) is 9.23. The average Bonchev–Trinajstić information content (AvgIpc) is 2.84. The molecule has 8 nitrogen and oxygen atoms in total. The van der Waals surface area contributed by atoms with Crippen LogP contribution in [0.4, 0.5) is 0 Å². The fourth-order valence-corrected chi connectivity index (χ4v) is 4.37. The van der Waals surface area contributed by atoms with Gasteiger partial charge in [0.05, 0.1) is 25.3 Å². The summed E-state index contributed by atoms with van der Waals surface area (Å²) < 4.78 is 38.9. The summed E-state index contributed by atoms with van der Waals surface area (Å²) in [5.74, 6) is 0.535. The van der Waals surface area contributed by atoms with Gasteiger partial charge < -0.3 is 9.47 Å². The topological polar surface area (TPSA) is 106 Å². The molecular formula is C25H27N3O5S. The van der Waals surface area contributed by atoms with Gasteiger partial charge in [-0.2, -0.15) is 9.82 Å². The third-order valence-electron chi connectivity index (χ3n) is 5.05. The molecule has 3 aromatic carbocycles. The number of carbonyl (C=O) groups excluding carboxylic acids is 1. The number of hydrogen-bond acceptors (Lipinski definition) is 6. The zero-order chi connectivity index (χ0) is 24.6. The highest BCUT2D eigenvalue weighted by molar-refractivity contribution is 7.89. The maximum atomic E-state index is 13.0. The molecule has 1 amide bonds. The number of hydrogen-bond donors (Lipinski definition) is 2. The summed E-state index contributed by atoms with van der Waals surface area (Å²) in [5, 5.41) is 4.00. The third kappa shape index (κ3) is 6.66. The van der Waals surface area contributed by atoms with Crippen molar-refractivity contribution in [3.63, 3.8) is 0 Å². The second kappa shape index (κ2) is 11.4. The van der Waals surface area contributed by atoms with Gasteiger partial charge in [0.25, 0.3) is 5.91 Å². The minimum atomic E-state index is -3.93. The van der Waals surface area contributed by atoms with Crippen molar-refractivity contribution < 1.29 is 22.7 Å². The molecule has 0 bridgehead atoms. The van der Waals surface area contributed by atoms with Gasteiger partial charge in [0.15, 0.2) is 0 Å². The van der Waals surface area contributed by atoms with Gasteiger partial charge in [0.1, 0.15) is 17.5 Å². The van der Waals surface area contributed by atoms with Gasteiger partial charge >= 0.3 is 0 Å². The van der Waals surface area contributed by atoms with Crippen LogP contribution in [0.15, 0.2) is 82.8 Å². The molecule has 0 radical (unpaired) electrons. The molecule has 3 rings (SSSR count). The van der Waals surface area contributed by atoms with Gasteiger partial charge in [-0.1, -0.05) is 48.0 Å². The lowest BCUT2D eigenvalue weighted by molar-refractivity contribution is -0.122. The molecule has 0 aliphatic rings. The number of methoxy groups -OCH3 is 2. The van der Waals surface area contributed by atoms with E-state index in [0.29, 0.717) is 17.1 Å². The lowest BCUT2D eigenvalue weighted by atomic mass is 10.1. The first-order valence-corrected chi connectivity index (χ1v) is 12.0. The number of carbonyl (C=O) groups is 1. The van der Waals surface area contributed by atoms with E-state index in [1.54, 1.807) is 37.4 Å². The second-order valence-electron chi connectivity index (χ2n) is 7.52. The highest BCUT2D eigenvalue weighted by Crippen LogP contribution is 2.23. The van der Waals surface area contributed by atoms with E-state index < -0.39 is 22.0 Å². The van der Waals surface area contributed by atoms with Crippen LogP contribution in [0.25, 0.3) is 0 Å². The van der Waals surface area contributed by atoms with Crippen LogP contribution in [-0.2, 0) is 21.2 Å². The average molecular weight is 482 g/mol. The van der Waals surface area contributed by atoms with Crippen molar-refractivity contribution in [1.82, 2.24) is 10.1 Å². The van der Waals surface area contributed by atoms with E-state index in [-0.39, 0.29) is 11.3 Å². The molecule has 0 heterocycles. The predicted molar refractivity (Wildman–Crippen MR) is 131 cm³/mol. The zero-order valence-corrected chi connectivity index (χ0v) is 20.0. The van der Waals surface area contributed by atoms with E-state index in [9.17, 15) is 13.2 Å². The van der Waals surface area contributed by atoms with Crippen molar-refractivity contribution >= 4 is 22.1 Å². The first kappa shape index (κ1) is 24.9. The number of sulfonamides is 1. The Morgan fingerprint density at radius 2 is 1.71 bits per heavy atom. The Morgan fingerprint density at radius 1 is 1.00 bits per heavy atom. The Hall–Kier alpha value is -3.69. The van der Waals surface area contributed by atoms with Crippen LogP contribution in [0.2, 0.25) is 0 Å². The summed E-state index contributed by atoms with van der Waals surface area (Å²) in [6, 6.07) is 19.6. The third-order valence-corrected chi connectivity index (χ3v) is 6.53. The molecular weight excluding hydrogens is 454 g/mol. The number of ether oxygens (including phenoxy) is 2. The first-order valence-electron chi connectivity index (χ1n) is 10.5. The van der Waals surface area contributed by atoms with Crippen LogP contribution in [0, 0.1) is 6.92 Å². The molecule has 9 heteroatoms. The monoisotopic (exact) mass is 481 g/mol. The van der Waals surface area contributed by atoms with Gasteiger partial charge in [-0.3, -0.25) is 4.79 Å². The van der Waals surface area contributed by atoms with Crippen LogP contribution >= 0.6 is 0 Å². The first-order chi connectivity index (χ1) is 16.3. The molecule has 0 saturated heterocycles. The number of hydrazone groups is 1. The molecule has 3 aromatic rings. The SMILES string of the molecule is COc1ccc(/C=N/NC(=O)C(Cc2ccccc2)NS(=O)(=O)c2ccc(C)cc2)c(OC)c1. The largest absolute Gasteiger partial charge is 0.497 e. The van der Waals surface area contributed by atoms with Gasteiger partial charge in [0, 0.05) is 11.6 Å². The molecule has 0 aliphatic heterocycles. The number of nitrogens with zero attached hydrogens (tertiary/aromatic N) is 1. The maximum absolute atomic E-state index is 13.0. The summed E-state index contributed by atoms with van der Waals surface area (Å²) in [7, 11) is -0.870. The highest BCUT2D eigenvalue weighted by atomic mass is 32.2. The quantitative estimate of drug-likeness (QED) is 0.342. The van der Waals surface area contributed by atoms with Crippen LogP contribution in [-0.4, -0.2) is 40.8 Å². The molecule has 2 N–H and O–H groups in total. The molecule has 34 heavy (non-hydrogen) atoms. The van der Waals surface area contributed by atoms with Crippen LogP contribution in [0.3, 0.4) is 0 Å². The molecule has 0 aliphatic carbocycles. The molecule has 1 atom stereocenters. The fourth-order valence-electron chi connectivity index (χ4n) is 3.18. The Morgan fingerprint density at radius 3 is 2.35 bits per heavy atom. The van der Waals surface area contributed by atoms with E-state index >= 15 is 0 Å². The zero-order valence-electron chi connectivity index (χ0n) is 19.2. The molecule has 0 spiro atoms. The van der Waals surface area contributed by atoms with E-state index in [4.69, 9.17) is 9.47 Å². The summed E-state index contributed by atoms with van der Waals surface area (Å²) in [5.41, 5.74) is 4.78. The van der Waals surface area contributed by atoms with Crippen molar-refractivity contribution in [1.29, 1.82) is 0 Å². The van der Waals surface area contributed by atoms with E-state index in [1.165, 1.54) is 25.5 Å². The van der Waals surface area contributed by atoms with Gasteiger partial charge in [-0.05, 0) is 43.2 Å². The lowest BCUT2D eigenvalue weighted by Gasteiger charge is -2.17. The molecule has 0 saturated carbocycles. The van der Waals surface area contributed by atoms with Crippen molar-refractivity contribution in [2.75, 3.05) is 14.2 Å². The fraction of sp³-hybridized carbons (Fsp3) is 0.200. The molecule has 0 aromatic heterocycles. The smallest absolute Gasteiger partial charge is 0.258 e. The van der Waals surface area contributed by atoms with Crippen molar-refractivity contribution in [3.05, 3.63) is 89.5 Å². The number of benzene rings is 3. The summed E-state index contributed by atoms with van der Waals surface area (Å²) in [6.45, 7) is 1.87. The summed E-state index contributed by atoms with van der Waals surface area (Å²) in [4.78, 5) is 13.0. The van der Waals surface area contributed by atoms with E-state index in [0.717, 1.165) is 11.1 Å². The van der Waals surface area contributed by atoms with Crippen LogP contribution in [0.1, 0.15) is 16.7 Å². The van der Waals surface area contributed by atoms with E-state index in [1.807, 2.05) is 37.3 Å². The standard InChI is InChI=1S/C25H27N3O5S/c1-18-9-13-22(14-10-18)34(30,31)28-23(15-19-7-5-4-6-8-19)25(29)27-26-17-20-11-12-21(32-2)16-24(20)33-3/h4-14,16-17,23,28H,15H2,1-3H3,(H,27,29)/b26-17+. The van der Waals surface area contributed by atoms with Crippen LogP contribution in [0.5, 0.6) is 11.5 Å². The van der Waals surface area contributed by atoms with Gasteiger partial charge in [-0.25, -0.2) is 13.8 Å². The molecule has 1 unspecified atom stereocenters. The predicted octanol–water partition coefficient (Wildman–Crippen LogP) is 3.05. The highest BCUT2D eigenvalue weighted by Gasteiger charge is 2.26. The number of aryl methyl sites for hydroxylation is 1. The Labute approximate surface area is 199 Å². The van der Waals surface area contributed by atoms with Crippen molar-refractivity contribution in [3.8, 4) is 11.5 Å². The minimum absolute atomic E-state index is 0.0791. The Kier molecular flexibility index (Phi) is 8.39. The number of amides is 1. The molecule has 0 fully saturated rings. The Balaban J connectivity index is 1.79. The van der Waals surface area contributed by atoms with E-state index in [2.05, 4.69) is 15.2 Å². The van der Waals surface area contributed by atoms with Crippen molar-refractivity contribution in [2.24, 2.45) is 5.10 Å². The lowest BCUT2D eigenvalue weighted by Crippen LogP contribution is -2.46. The van der Waals surface area contributed by atoms with Gasteiger partial charge in [0.2, 0.25) is 10.0 Å². The van der Waals surface area contributed by atoms with Crippen LogP contribution < -0.4 is 19.6 Å². The minimum Gasteiger partial charge on any atom is -0.497 e. The maximum Gasteiger partial charge on any atom is 0.258 e. The normalized spacial score (nSPS) is 12.3. The summed E-state index contributed by atoms with van der Waals surface area (Å²) >= 11 is 0. The van der Waals surface area contributed by atoms with Gasteiger partial charge in [-0.15, -0.1) is 0 Å². The number of nitrogens with one attached hydrogen (secondary N) is 2. The van der Waals surface area contributed by atoms with Crippen molar-refractivity contribution in [2.45, 2.75) is 24.3 Å². The summed E-state index contributed by atoms with van der Waals surface area (Å²) in [6.07, 6.45) is 1.57. The Bertz CT molecular complexity index is 1240. The molecule has 178 valence electrons.